The number of halogens is 2. The summed E-state index contributed by atoms with van der Waals surface area (Å²) in [5.74, 6) is 0. The molecule has 0 bridgehead atoms. The first-order valence-corrected chi connectivity index (χ1v) is 7.22. The maximum atomic E-state index is 6.30. The van der Waals surface area contributed by atoms with Gasteiger partial charge in [0, 0.05) is 24.6 Å². The van der Waals surface area contributed by atoms with Crippen molar-refractivity contribution in [2.24, 2.45) is 5.73 Å². The molecule has 2 aromatic rings. The normalized spacial score (nSPS) is 10.5. The van der Waals surface area contributed by atoms with Crippen LogP contribution in [0.15, 0.2) is 46.9 Å². The van der Waals surface area contributed by atoms with Gasteiger partial charge in [0.25, 0.3) is 0 Å². The molecule has 0 heterocycles. The Morgan fingerprint density at radius 1 is 1.21 bits per heavy atom. The van der Waals surface area contributed by atoms with E-state index in [0.29, 0.717) is 6.54 Å². The highest BCUT2D eigenvalue weighted by Gasteiger charge is 2.08. The van der Waals surface area contributed by atoms with Crippen molar-refractivity contribution in [3.8, 4) is 0 Å². The summed E-state index contributed by atoms with van der Waals surface area (Å²) in [5, 5.41) is 0.734. The lowest BCUT2D eigenvalue weighted by atomic mass is 10.1. The third kappa shape index (κ3) is 3.50. The molecule has 2 aromatic carbocycles. The fourth-order valence-corrected chi connectivity index (χ4v) is 2.71. The van der Waals surface area contributed by atoms with Gasteiger partial charge in [-0.05, 0) is 29.3 Å². The molecule has 100 valence electrons. The van der Waals surface area contributed by atoms with Crippen LogP contribution in [0.3, 0.4) is 0 Å². The van der Waals surface area contributed by atoms with Crippen LogP contribution >= 0.6 is 27.5 Å². The van der Waals surface area contributed by atoms with Crippen LogP contribution in [0.25, 0.3) is 0 Å². The van der Waals surface area contributed by atoms with Crippen LogP contribution in [-0.2, 0) is 13.1 Å². The van der Waals surface area contributed by atoms with Gasteiger partial charge in [0.05, 0.1) is 10.7 Å². The van der Waals surface area contributed by atoms with E-state index in [-0.39, 0.29) is 0 Å². The minimum Gasteiger partial charge on any atom is -0.369 e. The van der Waals surface area contributed by atoms with Gasteiger partial charge in [0.15, 0.2) is 0 Å². The predicted molar refractivity (Wildman–Crippen MR) is 85.6 cm³/mol. The second kappa shape index (κ2) is 6.42. The van der Waals surface area contributed by atoms with E-state index in [0.717, 1.165) is 27.3 Å². The van der Waals surface area contributed by atoms with Crippen molar-refractivity contribution >= 4 is 33.2 Å². The summed E-state index contributed by atoms with van der Waals surface area (Å²) in [5.41, 5.74) is 8.89. The molecule has 0 atom stereocenters. The van der Waals surface area contributed by atoms with E-state index in [1.165, 1.54) is 5.56 Å². The third-order valence-electron chi connectivity index (χ3n) is 3.02. The summed E-state index contributed by atoms with van der Waals surface area (Å²) in [6.07, 6.45) is 0. The third-order valence-corrected chi connectivity index (χ3v) is 4.10. The van der Waals surface area contributed by atoms with Gasteiger partial charge in [-0.25, -0.2) is 0 Å². The lowest BCUT2D eigenvalue weighted by Crippen LogP contribution is -2.17. The molecular weight excluding hydrogens is 324 g/mol. The average Bonchev–Trinajstić information content (AvgIpc) is 2.41. The van der Waals surface area contributed by atoms with Gasteiger partial charge in [0.1, 0.15) is 0 Å². The quantitative estimate of drug-likeness (QED) is 0.904. The van der Waals surface area contributed by atoms with Crippen LogP contribution in [0.4, 0.5) is 5.69 Å². The highest BCUT2D eigenvalue weighted by atomic mass is 79.9. The fourth-order valence-electron chi connectivity index (χ4n) is 1.95. The molecule has 0 aliphatic carbocycles. The first kappa shape index (κ1) is 14.4. The highest BCUT2D eigenvalue weighted by Crippen LogP contribution is 2.28. The van der Waals surface area contributed by atoms with Crippen molar-refractivity contribution in [3.05, 3.63) is 63.1 Å². The zero-order valence-corrected chi connectivity index (χ0v) is 13.1. The monoisotopic (exact) mass is 338 g/mol. The molecule has 0 aliphatic heterocycles. The van der Waals surface area contributed by atoms with Crippen LogP contribution in [0.2, 0.25) is 5.02 Å². The fraction of sp³-hybridized carbons (Fsp3) is 0.200. The number of nitrogens with two attached hydrogens (primary N) is 1. The van der Waals surface area contributed by atoms with E-state index in [9.17, 15) is 0 Å². The Morgan fingerprint density at radius 3 is 2.58 bits per heavy atom. The van der Waals surface area contributed by atoms with Crippen molar-refractivity contribution in [2.75, 3.05) is 11.9 Å². The number of nitrogens with zero attached hydrogens (tertiary/aromatic N) is 1. The number of benzene rings is 2. The van der Waals surface area contributed by atoms with Gasteiger partial charge in [0.2, 0.25) is 0 Å². The van der Waals surface area contributed by atoms with E-state index in [1.54, 1.807) is 0 Å². The SMILES string of the molecule is CN(Cc1ccccc1Br)c1ccc(CN)cc1Cl. The zero-order chi connectivity index (χ0) is 13.8. The Kier molecular flexibility index (Phi) is 4.86. The first-order valence-electron chi connectivity index (χ1n) is 6.05. The number of rotatable bonds is 4. The lowest BCUT2D eigenvalue weighted by Gasteiger charge is -2.21. The van der Waals surface area contributed by atoms with Gasteiger partial charge in [-0.2, -0.15) is 0 Å². The van der Waals surface area contributed by atoms with Crippen LogP contribution in [0.5, 0.6) is 0 Å². The molecule has 0 unspecified atom stereocenters. The van der Waals surface area contributed by atoms with Gasteiger partial charge >= 0.3 is 0 Å². The summed E-state index contributed by atoms with van der Waals surface area (Å²) in [7, 11) is 2.03. The Labute approximate surface area is 127 Å². The van der Waals surface area contributed by atoms with Gasteiger partial charge in [-0.15, -0.1) is 0 Å². The molecular formula is C15H16BrClN2. The van der Waals surface area contributed by atoms with E-state index >= 15 is 0 Å². The Morgan fingerprint density at radius 2 is 1.95 bits per heavy atom. The molecule has 0 saturated carbocycles. The Hall–Kier alpha value is -1.03. The second-order valence-electron chi connectivity index (χ2n) is 4.44. The molecule has 4 heteroatoms. The second-order valence-corrected chi connectivity index (χ2v) is 5.70. The van der Waals surface area contributed by atoms with Crippen LogP contribution in [-0.4, -0.2) is 7.05 Å². The van der Waals surface area contributed by atoms with Crippen molar-refractivity contribution in [1.82, 2.24) is 0 Å². The number of hydrogen-bond donors (Lipinski definition) is 1. The largest absolute Gasteiger partial charge is 0.369 e. The number of anilines is 1. The van der Waals surface area contributed by atoms with Crippen molar-refractivity contribution in [3.63, 3.8) is 0 Å². The summed E-state index contributed by atoms with van der Waals surface area (Å²) >= 11 is 9.86. The van der Waals surface area contributed by atoms with E-state index < -0.39 is 0 Å². The maximum absolute atomic E-state index is 6.30. The molecule has 0 amide bonds. The van der Waals surface area contributed by atoms with E-state index in [1.807, 2.05) is 43.4 Å². The van der Waals surface area contributed by atoms with Crippen LogP contribution < -0.4 is 10.6 Å². The molecule has 0 fully saturated rings. The first-order chi connectivity index (χ1) is 9.11. The van der Waals surface area contributed by atoms with E-state index in [2.05, 4.69) is 26.9 Å². The molecule has 0 aromatic heterocycles. The van der Waals surface area contributed by atoms with Crippen molar-refractivity contribution in [1.29, 1.82) is 0 Å². The minimum absolute atomic E-state index is 0.508. The Balaban J connectivity index is 2.21. The van der Waals surface area contributed by atoms with Crippen LogP contribution in [0, 0.1) is 0 Å². The lowest BCUT2D eigenvalue weighted by molar-refractivity contribution is 0.917. The van der Waals surface area contributed by atoms with Crippen molar-refractivity contribution < 1.29 is 0 Å². The number of hydrogen-bond acceptors (Lipinski definition) is 2. The standard InChI is InChI=1S/C15H16BrClN2/c1-19(10-12-4-2-3-5-13(12)16)15-7-6-11(9-18)8-14(15)17/h2-8H,9-10,18H2,1H3. The molecule has 2 N–H and O–H groups in total. The Bertz CT molecular complexity index is 572. The molecule has 2 nitrogen and oxygen atoms in total. The molecule has 0 radical (unpaired) electrons. The van der Waals surface area contributed by atoms with E-state index in [4.69, 9.17) is 17.3 Å². The van der Waals surface area contributed by atoms with Crippen LogP contribution in [0.1, 0.15) is 11.1 Å². The maximum Gasteiger partial charge on any atom is 0.0642 e. The van der Waals surface area contributed by atoms with Crippen molar-refractivity contribution in [2.45, 2.75) is 13.1 Å². The van der Waals surface area contributed by atoms with Gasteiger partial charge in [-0.1, -0.05) is 51.8 Å². The highest BCUT2D eigenvalue weighted by molar-refractivity contribution is 9.10. The molecule has 0 saturated heterocycles. The summed E-state index contributed by atoms with van der Waals surface area (Å²) < 4.78 is 1.11. The smallest absolute Gasteiger partial charge is 0.0642 e. The topological polar surface area (TPSA) is 29.3 Å². The summed E-state index contributed by atoms with van der Waals surface area (Å²) in [6.45, 7) is 1.30. The van der Waals surface area contributed by atoms with Gasteiger partial charge in [-0.3, -0.25) is 0 Å². The molecule has 19 heavy (non-hydrogen) atoms. The predicted octanol–water partition coefficient (Wildman–Crippen LogP) is 4.20. The average molecular weight is 340 g/mol. The molecule has 0 aliphatic rings. The molecule has 0 spiro atoms. The summed E-state index contributed by atoms with van der Waals surface area (Å²) in [6, 6.07) is 14.1. The van der Waals surface area contributed by atoms with Gasteiger partial charge < -0.3 is 10.6 Å². The zero-order valence-electron chi connectivity index (χ0n) is 10.7. The minimum atomic E-state index is 0.508. The molecule has 2 rings (SSSR count). The summed E-state index contributed by atoms with van der Waals surface area (Å²) in [4.78, 5) is 2.13.